The summed E-state index contributed by atoms with van der Waals surface area (Å²) in [5.74, 6) is 1.58. The van der Waals surface area contributed by atoms with Gasteiger partial charge in [0.05, 0.1) is 17.7 Å². The minimum absolute atomic E-state index is 0.262. The quantitative estimate of drug-likeness (QED) is 0.571. The zero-order valence-electron chi connectivity index (χ0n) is 9.95. The van der Waals surface area contributed by atoms with Gasteiger partial charge in [-0.3, -0.25) is 0 Å². The van der Waals surface area contributed by atoms with Crippen LogP contribution in [-0.4, -0.2) is 25.9 Å². The lowest BCUT2D eigenvalue weighted by molar-refractivity contribution is 0.239. The monoisotopic (exact) mass is 300 g/mol. The molecule has 0 radical (unpaired) electrons. The Hall–Kier alpha value is -0.740. The van der Waals surface area contributed by atoms with Gasteiger partial charge in [-0.05, 0) is 34.5 Å². The summed E-state index contributed by atoms with van der Waals surface area (Å²) in [6, 6.07) is 5.83. The zero-order valence-corrected chi connectivity index (χ0v) is 11.5. The van der Waals surface area contributed by atoms with E-state index in [1.807, 2.05) is 18.2 Å². The highest BCUT2D eigenvalue weighted by Gasteiger charge is 2.24. The Bertz CT molecular complexity index is 364. The van der Waals surface area contributed by atoms with Crippen LogP contribution in [0.5, 0.6) is 11.5 Å². The zero-order chi connectivity index (χ0) is 12.1. The number of rotatable bonds is 7. The molecule has 2 rings (SSSR count). The van der Waals surface area contributed by atoms with Gasteiger partial charge < -0.3 is 14.2 Å². The number of halogens is 1. The number of hydrogen-bond acceptors (Lipinski definition) is 3. The lowest BCUT2D eigenvalue weighted by Crippen LogP contribution is -2.06. The summed E-state index contributed by atoms with van der Waals surface area (Å²) < 4.78 is 17.5. The molecule has 1 unspecified atom stereocenters. The maximum atomic E-state index is 5.75. The molecule has 1 aromatic rings. The fourth-order valence-corrected chi connectivity index (χ4v) is 1.87. The van der Waals surface area contributed by atoms with Crippen LogP contribution in [0.3, 0.4) is 0 Å². The summed E-state index contributed by atoms with van der Waals surface area (Å²) in [4.78, 5) is 0. The molecule has 1 heterocycles. The average Bonchev–Trinajstić information content (AvgIpc) is 3.13. The molecule has 0 amide bonds. The van der Waals surface area contributed by atoms with Crippen molar-refractivity contribution in [3.05, 3.63) is 22.7 Å². The Morgan fingerprint density at radius 2 is 2.24 bits per heavy atom. The number of para-hydroxylation sites is 1. The van der Waals surface area contributed by atoms with Crippen LogP contribution in [-0.2, 0) is 4.74 Å². The Morgan fingerprint density at radius 3 is 2.94 bits per heavy atom. The molecule has 1 atom stereocenters. The molecule has 0 aromatic heterocycles. The van der Waals surface area contributed by atoms with Gasteiger partial charge in [-0.1, -0.05) is 19.4 Å². The van der Waals surface area contributed by atoms with E-state index in [0.717, 1.165) is 42.0 Å². The van der Waals surface area contributed by atoms with Gasteiger partial charge in [-0.2, -0.15) is 0 Å². The first-order valence-corrected chi connectivity index (χ1v) is 6.76. The van der Waals surface area contributed by atoms with Crippen molar-refractivity contribution in [2.75, 3.05) is 19.8 Å². The predicted molar refractivity (Wildman–Crippen MR) is 69.8 cm³/mol. The molecule has 94 valence electrons. The molecular weight excluding hydrogens is 284 g/mol. The highest BCUT2D eigenvalue weighted by atomic mass is 79.9. The second kappa shape index (κ2) is 6.26. The summed E-state index contributed by atoms with van der Waals surface area (Å²) >= 11 is 3.49. The first-order chi connectivity index (χ1) is 8.31. The summed E-state index contributed by atoms with van der Waals surface area (Å²) in [6.07, 6.45) is 2.43. The molecule has 1 aromatic carbocycles. The maximum absolute atomic E-state index is 5.75. The lowest BCUT2D eigenvalue weighted by Gasteiger charge is -2.13. The van der Waals surface area contributed by atoms with Gasteiger partial charge in [0.2, 0.25) is 0 Å². The van der Waals surface area contributed by atoms with Gasteiger partial charge in [0, 0.05) is 0 Å². The second-order valence-corrected chi connectivity index (χ2v) is 4.89. The topological polar surface area (TPSA) is 31.0 Å². The molecule has 1 aliphatic rings. The highest BCUT2D eigenvalue weighted by Crippen LogP contribution is 2.35. The van der Waals surface area contributed by atoms with Crippen LogP contribution in [0, 0.1) is 0 Å². The van der Waals surface area contributed by atoms with Gasteiger partial charge in [-0.15, -0.1) is 0 Å². The van der Waals surface area contributed by atoms with Gasteiger partial charge >= 0.3 is 0 Å². The van der Waals surface area contributed by atoms with Crippen LogP contribution >= 0.6 is 15.9 Å². The first kappa shape index (κ1) is 12.7. The van der Waals surface area contributed by atoms with Crippen LogP contribution in [0.25, 0.3) is 0 Å². The molecule has 1 saturated heterocycles. The highest BCUT2D eigenvalue weighted by molar-refractivity contribution is 9.10. The molecule has 0 saturated carbocycles. The van der Waals surface area contributed by atoms with Crippen molar-refractivity contribution in [3.63, 3.8) is 0 Å². The molecule has 1 fully saturated rings. The maximum Gasteiger partial charge on any atom is 0.175 e. The van der Waals surface area contributed by atoms with Crippen LogP contribution in [0.2, 0.25) is 0 Å². The van der Waals surface area contributed by atoms with E-state index in [1.54, 1.807) is 0 Å². The second-order valence-electron chi connectivity index (χ2n) is 4.04. The summed E-state index contributed by atoms with van der Waals surface area (Å²) in [5, 5.41) is 0. The fourth-order valence-electron chi connectivity index (χ4n) is 1.41. The number of ether oxygens (including phenoxy) is 3. The molecule has 0 aliphatic carbocycles. The summed E-state index contributed by atoms with van der Waals surface area (Å²) in [7, 11) is 0. The van der Waals surface area contributed by atoms with Crippen molar-refractivity contribution < 1.29 is 14.2 Å². The van der Waals surface area contributed by atoms with E-state index in [9.17, 15) is 0 Å². The van der Waals surface area contributed by atoms with Crippen molar-refractivity contribution >= 4 is 15.9 Å². The fraction of sp³-hybridized carbons (Fsp3) is 0.538. The average molecular weight is 301 g/mol. The van der Waals surface area contributed by atoms with Crippen LogP contribution < -0.4 is 9.47 Å². The molecule has 4 heteroatoms. The molecule has 0 N–H and O–H groups in total. The van der Waals surface area contributed by atoms with E-state index in [1.165, 1.54) is 0 Å². The van der Waals surface area contributed by atoms with E-state index in [-0.39, 0.29) is 6.10 Å². The third kappa shape index (κ3) is 3.89. The van der Waals surface area contributed by atoms with E-state index in [2.05, 4.69) is 22.9 Å². The van der Waals surface area contributed by atoms with Crippen LogP contribution in [0.4, 0.5) is 0 Å². The van der Waals surface area contributed by atoms with Gasteiger partial charge in [-0.25, -0.2) is 0 Å². The van der Waals surface area contributed by atoms with Gasteiger partial charge in [0.15, 0.2) is 11.5 Å². The Balaban J connectivity index is 1.98. The third-order valence-electron chi connectivity index (χ3n) is 2.50. The van der Waals surface area contributed by atoms with Gasteiger partial charge in [0.25, 0.3) is 0 Å². The Morgan fingerprint density at radius 1 is 1.41 bits per heavy atom. The first-order valence-electron chi connectivity index (χ1n) is 5.97. The largest absolute Gasteiger partial charge is 0.489 e. The van der Waals surface area contributed by atoms with Crippen molar-refractivity contribution in [2.24, 2.45) is 0 Å². The predicted octanol–water partition coefficient (Wildman–Crippen LogP) is 3.41. The van der Waals surface area contributed by atoms with Crippen LogP contribution in [0.15, 0.2) is 22.7 Å². The molecule has 17 heavy (non-hydrogen) atoms. The normalized spacial score (nSPS) is 17.9. The molecule has 1 aliphatic heterocycles. The summed E-state index contributed by atoms with van der Waals surface area (Å²) in [5.41, 5.74) is 0. The molecule has 0 spiro atoms. The van der Waals surface area contributed by atoms with E-state index in [0.29, 0.717) is 6.61 Å². The number of epoxide rings is 1. The number of hydrogen-bond donors (Lipinski definition) is 0. The lowest BCUT2D eigenvalue weighted by atomic mass is 10.3. The van der Waals surface area contributed by atoms with Gasteiger partial charge in [0.1, 0.15) is 12.7 Å². The van der Waals surface area contributed by atoms with E-state index in [4.69, 9.17) is 14.2 Å². The van der Waals surface area contributed by atoms with E-state index >= 15 is 0 Å². The van der Waals surface area contributed by atoms with Crippen LogP contribution in [0.1, 0.15) is 19.8 Å². The smallest absolute Gasteiger partial charge is 0.175 e. The Labute approximate surface area is 110 Å². The minimum atomic E-state index is 0.262. The van der Waals surface area contributed by atoms with Crippen molar-refractivity contribution in [1.82, 2.24) is 0 Å². The summed E-state index contributed by atoms with van der Waals surface area (Å²) in [6.45, 7) is 4.27. The van der Waals surface area contributed by atoms with Crippen molar-refractivity contribution in [3.8, 4) is 11.5 Å². The number of benzene rings is 1. The third-order valence-corrected chi connectivity index (χ3v) is 3.13. The molecule has 3 nitrogen and oxygen atoms in total. The van der Waals surface area contributed by atoms with Crippen molar-refractivity contribution in [1.29, 1.82) is 0 Å². The van der Waals surface area contributed by atoms with E-state index < -0.39 is 0 Å². The molecular formula is C13H17BrO3. The molecule has 0 bridgehead atoms. The minimum Gasteiger partial charge on any atom is -0.489 e. The standard InChI is InChI=1S/C13H17BrO3/c1-2-3-7-15-13-11(14)5-4-6-12(13)17-9-10-8-16-10/h4-6,10H,2-3,7-9H2,1H3. The number of unbranched alkanes of at least 4 members (excludes halogenated alkanes) is 1. The van der Waals surface area contributed by atoms with Crippen molar-refractivity contribution in [2.45, 2.75) is 25.9 Å². The SMILES string of the molecule is CCCCOc1c(Br)cccc1OCC1CO1. The Kier molecular flexibility index (Phi) is 4.68.